The first-order valence-corrected chi connectivity index (χ1v) is 9.00. The predicted molar refractivity (Wildman–Crippen MR) is 101 cm³/mol. The Labute approximate surface area is 153 Å². The summed E-state index contributed by atoms with van der Waals surface area (Å²) in [7, 11) is 2.15. The molecule has 25 heavy (non-hydrogen) atoms. The van der Waals surface area contributed by atoms with Gasteiger partial charge in [0, 0.05) is 45.0 Å². The highest BCUT2D eigenvalue weighted by Gasteiger charge is 2.12. The number of pyridine rings is 1. The normalized spacial score (nSPS) is 16.7. The van der Waals surface area contributed by atoms with Crippen LogP contribution in [0.2, 0.25) is 5.15 Å². The fourth-order valence-corrected chi connectivity index (χ4v) is 3.18. The van der Waals surface area contributed by atoms with E-state index in [-0.39, 0.29) is 5.91 Å². The van der Waals surface area contributed by atoms with Crippen LogP contribution in [0.5, 0.6) is 0 Å². The number of carbonyl (C=O) groups excluding carboxylic acids is 1. The van der Waals surface area contributed by atoms with Gasteiger partial charge in [-0.25, -0.2) is 4.98 Å². The maximum atomic E-state index is 12.0. The third-order valence-corrected chi connectivity index (χ3v) is 4.74. The number of carbonyl (C=O) groups is 1. The minimum absolute atomic E-state index is 0.111. The molecule has 3 heterocycles. The van der Waals surface area contributed by atoms with Crippen LogP contribution in [0, 0.1) is 0 Å². The number of amides is 1. The van der Waals surface area contributed by atoms with Crippen LogP contribution in [0.1, 0.15) is 12.1 Å². The van der Waals surface area contributed by atoms with E-state index in [0.717, 1.165) is 44.8 Å². The Balaban J connectivity index is 1.44. The van der Waals surface area contributed by atoms with Gasteiger partial charge >= 0.3 is 0 Å². The van der Waals surface area contributed by atoms with Crippen molar-refractivity contribution in [3.05, 3.63) is 41.3 Å². The minimum Gasteiger partial charge on any atom is -0.353 e. The third kappa shape index (κ3) is 4.81. The van der Waals surface area contributed by atoms with Gasteiger partial charge in [-0.3, -0.25) is 9.20 Å². The zero-order valence-electron chi connectivity index (χ0n) is 14.5. The molecule has 0 spiro atoms. The Bertz CT molecular complexity index is 749. The van der Waals surface area contributed by atoms with Crippen LogP contribution in [0.25, 0.3) is 11.7 Å². The van der Waals surface area contributed by atoms with E-state index in [1.54, 1.807) is 6.08 Å². The van der Waals surface area contributed by atoms with Crippen molar-refractivity contribution in [1.82, 2.24) is 24.5 Å². The first-order valence-electron chi connectivity index (χ1n) is 8.63. The molecule has 7 heteroatoms. The Morgan fingerprint density at radius 2 is 2.12 bits per heavy atom. The summed E-state index contributed by atoms with van der Waals surface area (Å²) >= 11 is 6.15. The smallest absolute Gasteiger partial charge is 0.244 e. The lowest BCUT2D eigenvalue weighted by molar-refractivity contribution is -0.116. The molecule has 1 fully saturated rings. The van der Waals surface area contributed by atoms with Crippen LogP contribution in [-0.2, 0) is 4.79 Å². The number of halogens is 1. The van der Waals surface area contributed by atoms with Gasteiger partial charge in [0.25, 0.3) is 0 Å². The van der Waals surface area contributed by atoms with Crippen molar-refractivity contribution in [3.63, 3.8) is 0 Å². The van der Waals surface area contributed by atoms with Crippen LogP contribution in [0.4, 0.5) is 0 Å². The standard InChI is InChI=1S/C18H24ClN5O/c1-22-11-13-23(14-12-22)9-4-8-20-17(25)7-6-15-18(19)21-16-5-2-3-10-24(15)16/h2-3,5-7,10H,4,8-9,11-14H2,1H3,(H,20,25)/b7-6+. The summed E-state index contributed by atoms with van der Waals surface area (Å²) in [4.78, 5) is 21.0. The Hall–Kier alpha value is -1.89. The zero-order chi connectivity index (χ0) is 17.6. The lowest BCUT2D eigenvalue weighted by Gasteiger charge is -2.32. The van der Waals surface area contributed by atoms with Crippen molar-refractivity contribution in [2.45, 2.75) is 6.42 Å². The van der Waals surface area contributed by atoms with Gasteiger partial charge in [-0.1, -0.05) is 17.7 Å². The molecule has 0 aliphatic carbocycles. The number of nitrogens with one attached hydrogen (secondary N) is 1. The average Bonchev–Trinajstić information content (AvgIpc) is 2.93. The molecule has 1 amide bonds. The van der Waals surface area contributed by atoms with Gasteiger partial charge in [0.2, 0.25) is 5.91 Å². The molecule has 134 valence electrons. The predicted octanol–water partition coefficient (Wildman–Crippen LogP) is 1.75. The van der Waals surface area contributed by atoms with Gasteiger partial charge in [0.05, 0.1) is 5.69 Å². The van der Waals surface area contributed by atoms with Crippen molar-refractivity contribution in [2.75, 3.05) is 46.3 Å². The first kappa shape index (κ1) is 17.9. The largest absolute Gasteiger partial charge is 0.353 e. The number of aromatic nitrogens is 2. The van der Waals surface area contributed by atoms with Crippen molar-refractivity contribution in [3.8, 4) is 0 Å². The molecule has 1 aliphatic heterocycles. The third-order valence-electron chi connectivity index (χ3n) is 4.46. The fourth-order valence-electron chi connectivity index (χ4n) is 2.93. The second-order valence-corrected chi connectivity index (χ2v) is 6.70. The van der Waals surface area contributed by atoms with E-state index in [1.165, 1.54) is 6.08 Å². The molecule has 0 aromatic carbocycles. The molecule has 0 atom stereocenters. The molecule has 0 saturated carbocycles. The van der Waals surface area contributed by atoms with Crippen LogP contribution in [-0.4, -0.2) is 71.4 Å². The van der Waals surface area contributed by atoms with Gasteiger partial charge in [-0.2, -0.15) is 0 Å². The van der Waals surface area contributed by atoms with E-state index in [4.69, 9.17) is 11.6 Å². The lowest BCUT2D eigenvalue weighted by Crippen LogP contribution is -2.45. The average molecular weight is 362 g/mol. The molecule has 1 N–H and O–H groups in total. The van der Waals surface area contributed by atoms with Crippen molar-refractivity contribution >= 4 is 29.2 Å². The molecule has 0 bridgehead atoms. The van der Waals surface area contributed by atoms with Crippen molar-refractivity contribution in [2.24, 2.45) is 0 Å². The van der Waals surface area contributed by atoms with Crippen molar-refractivity contribution < 1.29 is 4.79 Å². The number of nitrogens with zero attached hydrogens (tertiary/aromatic N) is 4. The SMILES string of the molecule is CN1CCN(CCCNC(=O)/C=C/c2c(Cl)nc3ccccn23)CC1. The van der Waals surface area contributed by atoms with E-state index >= 15 is 0 Å². The van der Waals surface area contributed by atoms with Crippen LogP contribution in [0.15, 0.2) is 30.5 Å². The molecule has 0 unspecified atom stereocenters. The van der Waals surface area contributed by atoms with Crippen molar-refractivity contribution in [1.29, 1.82) is 0 Å². The highest BCUT2D eigenvalue weighted by molar-refractivity contribution is 6.31. The fraction of sp³-hybridized carbons (Fsp3) is 0.444. The van der Waals surface area contributed by atoms with Gasteiger partial charge in [-0.05, 0) is 38.2 Å². The van der Waals surface area contributed by atoms with Gasteiger partial charge in [-0.15, -0.1) is 0 Å². The summed E-state index contributed by atoms with van der Waals surface area (Å²) in [5, 5.41) is 3.32. The number of likely N-dealkylation sites (N-methyl/N-ethyl adjacent to an activating group) is 1. The Morgan fingerprint density at radius 3 is 2.92 bits per heavy atom. The number of rotatable bonds is 6. The first-order chi connectivity index (χ1) is 12.1. The number of imidazole rings is 1. The maximum absolute atomic E-state index is 12.0. The molecular weight excluding hydrogens is 338 g/mol. The highest BCUT2D eigenvalue weighted by atomic mass is 35.5. The Morgan fingerprint density at radius 1 is 1.32 bits per heavy atom. The molecule has 2 aromatic rings. The molecule has 0 radical (unpaired) electrons. The number of hydrogen-bond donors (Lipinski definition) is 1. The van der Waals surface area contributed by atoms with E-state index in [1.807, 2.05) is 28.8 Å². The van der Waals surface area contributed by atoms with E-state index in [2.05, 4.69) is 27.1 Å². The monoisotopic (exact) mass is 361 g/mol. The Kier molecular flexibility index (Phi) is 6.07. The number of hydrogen-bond acceptors (Lipinski definition) is 4. The summed E-state index contributed by atoms with van der Waals surface area (Å²) in [6.07, 6.45) is 6.05. The van der Waals surface area contributed by atoms with Gasteiger partial charge < -0.3 is 15.1 Å². The van der Waals surface area contributed by atoms with Gasteiger partial charge in [0.15, 0.2) is 5.15 Å². The molecule has 6 nitrogen and oxygen atoms in total. The highest BCUT2D eigenvalue weighted by Crippen LogP contribution is 2.18. The minimum atomic E-state index is -0.111. The maximum Gasteiger partial charge on any atom is 0.244 e. The summed E-state index contributed by atoms with van der Waals surface area (Å²) < 4.78 is 1.86. The topological polar surface area (TPSA) is 52.9 Å². The number of fused-ring (bicyclic) bond motifs is 1. The van der Waals surface area contributed by atoms with E-state index < -0.39 is 0 Å². The molecule has 3 rings (SSSR count). The van der Waals surface area contributed by atoms with Crippen LogP contribution >= 0.6 is 11.6 Å². The zero-order valence-corrected chi connectivity index (χ0v) is 15.2. The quantitative estimate of drug-likeness (QED) is 0.629. The summed E-state index contributed by atoms with van der Waals surface area (Å²) in [5.41, 5.74) is 1.48. The molecule has 2 aromatic heterocycles. The second kappa shape index (κ2) is 8.47. The number of piperazine rings is 1. The van der Waals surface area contributed by atoms with Crippen LogP contribution in [0.3, 0.4) is 0 Å². The second-order valence-electron chi connectivity index (χ2n) is 6.34. The molecule has 1 aliphatic rings. The summed E-state index contributed by atoms with van der Waals surface area (Å²) in [6.45, 7) is 6.16. The lowest BCUT2D eigenvalue weighted by atomic mass is 10.3. The van der Waals surface area contributed by atoms with Gasteiger partial charge in [0.1, 0.15) is 5.65 Å². The van der Waals surface area contributed by atoms with Crippen LogP contribution < -0.4 is 5.32 Å². The molecule has 1 saturated heterocycles. The summed E-state index contributed by atoms with van der Waals surface area (Å²) in [5.74, 6) is -0.111. The van der Waals surface area contributed by atoms with E-state index in [9.17, 15) is 4.79 Å². The summed E-state index contributed by atoms with van der Waals surface area (Å²) in [6, 6.07) is 5.68. The van der Waals surface area contributed by atoms with E-state index in [0.29, 0.717) is 17.4 Å². The molecular formula is C18H24ClN5O.